The zero-order chi connectivity index (χ0) is 18.6. The summed E-state index contributed by atoms with van der Waals surface area (Å²) in [4.78, 5) is 20.9. The summed E-state index contributed by atoms with van der Waals surface area (Å²) in [5, 5.41) is 12.2. The van der Waals surface area contributed by atoms with Crippen LogP contribution >= 0.6 is 11.6 Å². The van der Waals surface area contributed by atoms with Gasteiger partial charge in [0.2, 0.25) is 0 Å². The number of fused-ring (bicyclic) bond motifs is 2. The summed E-state index contributed by atoms with van der Waals surface area (Å²) in [6.07, 6.45) is 1.54. The van der Waals surface area contributed by atoms with E-state index in [4.69, 9.17) is 11.6 Å². The van der Waals surface area contributed by atoms with Gasteiger partial charge in [0.25, 0.3) is 0 Å². The fourth-order valence-electron chi connectivity index (χ4n) is 3.66. The van der Waals surface area contributed by atoms with Gasteiger partial charge in [-0.1, -0.05) is 43.4 Å². The maximum atomic E-state index is 11.6. The Balaban J connectivity index is 2.01. The summed E-state index contributed by atoms with van der Waals surface area (Å²) >= 11 is 6.52. The first-order chi connectivity index (χ1) is 12.3. The van der Waals surface area contributed by atoms with Crippen LogP contribution in [0.25, 0.3) is 22.2 Å². The lowest BCUT2D eigenvalue weighted by Gasteiger charge is -2.19. The van der Waals surface area contributed by atoms with E-state index in [2.05, 4.69) is 35.7 Å². The number of aromatic amines is 1. The SMILES string of the molecule is C[Si](C)(C)c1[nH]c2nccc(Cl)c2c1-c1ccc2c(c1)N(C(=O)O)CC2. The summed E-state index contributed by atoms with van der Waals surface area (Å²) in [6, 6.07) is 7.88. The second-order valence-electron chi connectivity index (χ2n) is 7.67. The maximum absolute atomic E-state index is 11.6. The van der Waals surface area contributed by atoms with Gasteiger partial charge in [0.1, 0.15) is 5.65 Å². The van der Waals surface area contributed by atoms with Crippen LogP contribution in [0.3, 0.4) is 0 Å². The van der Waals surface area contributed by atoms with Crippen LogP contribution in [-0.2, 0) is 6.42 Å². The Morgan fingerprint density at radius 2 is 2.08 bits per heavy atom. The van der Waals surface area contributed by atoms with Crippen LogP contribution in [0.5, 0.6) is 0 Å². The van der Waals surface area contributed by atoms with E-state index in [1.165, 1.54) is 10.2 Å². The quantitative estimate of drug-likeness (QED) is 0.639. The third-order valence-electron chi connectivity index (χ3n) is 4.89. The number of hydrogen-bond acceptors (Lipinski definition) is 2. The predicted molar refractivity (Wildman–Crippen MR) is 109 cm³/mol. The number of nitrogens with one attached hydrogen (secondary N) is 1. The number of benzene rings is 1. The number of pyridine rings is 1. The van der Waals surface area contributed by atoms with Gasteiger partial charge in [-0.3, -0.25) is 4.90 Å². The van der Waals surface area contributed by atoms with Crippen molar-refractivity contribution in [3.8, 4) is 11.1 Å². The van der Waals surface area contributed by atoms with Crippen LogP contribution in [0, 0.1) is 0 Å². The fourth-order valence-corrected chi connectivity index (χ4v) is 5.41. The van der Waals surface area contributed by atoms with Crippen LogP contribution in [0.2, 0.25) is 24.7 Å². The Labute approximate surface area is 157 Å². The molecule has 1 aliphatic heterocycles. The molecule has 26 heavy (non-hydrogen) atoms. The minimum Gasteiger partial charge on any atom is -0.465 e. The van der Waals surface area contributed by atoms with Gasteiger partial charge in [0.15, 0.2) is 0 Å². The van der Waals surface area contributed by atoms with Gasteiger partial charge in [0, 0.05) is 29.0 Å². The maximum Gasteiger partial charge on any atom is 0.411 e. The molecule has 1 aliphatic rings. The van der Waals surface area contributed by atoms with Crippen molar-refractivity contribution < 1.29 is 9.90 Å². The number of rotatable bonds is 2. The average molecular weight is 386 g/mol. The second kappa shape index (κ2) is 5.86. The molecule has 4 rings (SSSR count). The molecule has 0 fully saturated rings. The van der Waals surface area contributed by atoms with E-state index in [9.17, 15) is 9.90 Å². The Hall–Kier alpha value is -2.31. The van der Waals surface area contributed by atoms with Gasteiger partial charge < -0.3 is 10.1 Å². The van der Waals surface area contributed by atoms with Crippen molar-refractivity contribution in [3.05, 3.63) is 41.0 Å². The van der Waals surface area contributed by atoms with Crippen molar-refractivity contribution in [2.45, 2.75) is 26.1 Å². The number of nitrogens with zero attached hydrogens (tertiary/aromatic N) is 2. The third kappa shape index (κ3) is 2.61. The molecule has 5 nitrogen and oxygen atoms in total. The lowest BCUT2D eigenvalue weighted by molar-refractivity contribution is 0.202. The molecule has 0 atom stereocenters. The van der Waals surface area contributed by atoms with Crippen LogP contribution in [0.15, 0.2) is 30.5 Å². The topological polar surface area (TPSA) is 69.2 Å². The van der Waals surface area contributed by atoms with E-state index < -0.39 is 14.2 Å². The van der Waals surface area contributed by atoms with E-state index in [1.807, 2.05) is 12.1 Å². The number of amides is 1. The molecule has 0 unspecified atom stereocenters. The molecule has 0 bridgehead atoms. The average Bonchev–Trinajstić information content (AvgIpc) is 3.15. The Morgan fingerprint density at radius 3 is 2.77 bits per heavy atom. The molecule has 0 spiro atoms. The second-order valence-corrected chi connectivity index (χ2v) is 13.1. The highest BCUT2D eigenvalue weighted by Gasteiger charge is 2.29. The van der Waals surface area contributed by atoms with E-state index in [0.717, 1.165) is 39.8 Å². The highest BCUT2D eigenvalue weighted by atomic mass is 35.5. The number of anilines is 1. The summed E-state index contributed by atoms with van der Waals surface area (Å²) < 4.78 is 0. The van der Waals surface area contributed by atoms with Crippen molar-refractivity contribution in [1.29, 1.82) is 0 Å². The molecule has 1 aromatic carbocycles. The number of carboxylic acid groups (broad SMARTS) is 1. The van der Waals surface area contributed by atoms with Crippen molar-refractivity contribution in [2.75, 3.05) is 11.4 Å². The monoisotopic (exact) mass is 385 g/mol. The predicted octanol–water partition coefficient (Wildman–Crippen LogP) is 4.47. The summed E-state index contributed by atoms with van der Waals surface area (Å²) in [7, 11) is -1.72. The smallest absolute Gasteiger partial charge is 0.411 e. The normalized spacial score (nSPS) is 14.1. The summed E-state index contributed by atoms with van der Waals surface area (Å²) in [5.74, 6) is 0. The minimum atomic E-state index is -1.72. The first-order valence-electron chi connectivity index (χ1n) is 8.58. The fraction of sp³-hybridized carbons (Fsp3) is 0.263. The molecule has 0 saturated heterocycles. The zero-order valence-electron chi connectivity index (χ0n) is 14.9. The van der Waals surface area contributed by atoms with Crippen LogP contribution in [0.1, 0.15) is 5.56 Å². The number of hydrogen-bond donors (Lipinski definition) is 2. The van der Waals surface area contributed by atoms with Crippen molar-refractivity contribution in [3.63, 3.8) is 0 Å². The minimum absolute atomic E-state index is 0.505. The molecule has 3 aromatic rings. The number of carbonyl (C=O) groups is 1. The molecule has 0 aliphatic carbocycles. The molecule has 0 radical (unpaired) electrons. The van der Waals surface area contributed by atoms with Gasteiger partial charge in [-0.05, 0) is 29.7 Å². The van der Waals surface area contributed by atoms with Gasteiger partial charge >= 0.3 is 6.09 Å². The number of aromatic nitrogens is 2. The summed E-state index contributed by atoms with van der Waals surface area (Å²) in [6.45, 7) is 7.31. The Bertz CT molecular complexity index is 1040. The molecular formula is C19H20ClN3O2Si. The van der Waals surface area contributed by atoms with Gasteiger partial charge in [0.05, 0.1) is 18.8 Å². The van der Waals surface area contributed by atoms with Gasteiger partial charge in [-0.15, -0.1) is 0 Å². The van der Waals surface area contributed by atoms with Gasteiger partial charge in [-0.25, -0.2) is 9.78 Å². The molecular weight excluding hydrogens is 366 g/mol. The molecule has 0 saturated carbocycles. The Morgan fingerprint density at radius 1 is 1.31 bits per heavy atom. The first-order valence-corrected chi connectivity index (χ1v) is 12.5. The van der Waals surface area contributed by atoms with Gasteiger partial charge in [-0.2, -0.15) is 0 Å². The molecule has 2 aromatic heterocycles. The molecule has 2 N–H and O–H groups in total. The standard InChI is InChI=1S/C19H20ClN3O2Si/c1-26(2,3)18-15(16-13(20)6-8-21-17(16)22-18)12-5-4-11-7-9-23(19(24)25)14(11)10-12/h4-6,8,10H,7,9H2,1-3H3,(H,21,22)(H,24,25). The van der Waals surface area contributed by atoms with Crippen LogP contribution < -0.4 is 10.2 Å². The van der Waals surface area contributed by atoms with E-state index in [-0.39, 0.29) is 0 Å². The van der Waals surface area contributed by atoms with Crippen molar-refractivity contribution >= 4 is 47.8 Å². The van der Waals surface area contributed by atoms with Crippen molar-refractivity contribution in [1.82, 2.24) is 9.97 Å². The van der Waals surface area contributed by atoms with E-state index in [1.54, 1.807) is 12.3 Å². The first kappa shape index (κ1) is 17.1. The molecule has 3 heterocycles. The highest BCUT2D eigenvalue weighted by molar-refractivity contribution is 6.89. The zero-order valence-corrected chi connectivity index (χ0v) is 16.7. The molecule has 7 heteroatoms. The lowest BCUT2D eigenvalue weighted by Crippen LogP contribution is -2.39. The summed E-state index contributed by atoms with van der Waals surface area (Å²) in [5.41, 5.74) is 4.65. The number of H-pyrrole nitrogens is 1. The lowest BCUT2D eigenvalue weighted by atomic mass is 10.0. The Kier molecular flexibility index (Phi) is 3.86. The largest absolute Gasteiger partial charge is 0.465 e. The highest BCUT2D eigenvalue weighted by Crippen LogP contribution is 2.37. The number of halogens is 1. The van der Waals surface area contributed by atoms with Crippen LogP contribution in [0.4, 0.5) is 10.5 Å². The van der Waals surface area contributed by atoms with Crippen molar-refractivity contribution in [2.24, 2.45) is 0 Å². The third-order valence-corrected chi connectivity index (χ3v) is 7.08. The molecule has 1 amide bonds. The van der Waals surface area contributed by atoms with Crippen LogP contribution in [-0.4, -0.2) is 35.8 Å². The van der Waals surface area contributed by atoms with E-state index >= 15 is 0 Å². The molecule has 134 valence electrons. The van der Waals surface area contributed by atoms with E-state index in [0.29, 0.717) is 11.6 Å².